The summed E-state index contributed by atoms with van der Waals surface area (Å²) in [5.74, 6) is 0. The van der Waals surface area contributed by atoms with Gasteiger partial charge in [0.15, 0.2) is 0 Å². The Morgan fingerprint density at radius 1 is 0.600 bits per heavy atom. The molecule has 0 aliphatic heterocycles. The number of hydrogen-bond acceptors (Lipinski definition) is 0. The molecule has 5 heavy (non-hydrogen) atoms. The summed E-state index contributed by atoms with van der Waals surface area (Å²) in [6.07, 6.45) is 0. The molecule has 0 unspecified atom stereocenters. The van der Waals surface area contributed by atoms with Gasteiger partial charge in [0, 0.05) is 21.1 Å². The van der Waals surface area contributed by atoms with Crippen LogP contribution in [0, 0.1) is 0 Å². The molecule has 0 rings (SSSR count). The first kappa shape index (κ1) is 360. The monoisotopic (exact) mass is 248 g/mol. The Kier molecular flexibility index (Phi) is 13000. The SMILES string of the molecule is C.[O-2].[O-2].[O-2].[W]. The smallest absolute Gasteiger partial charge is 0 e. The van der Waals surface area contributed by atoms with Gasteiger partial charge in [0.2, 0.25) is 0 Å². The predicted octanol–water partition coefficient (Wildman–Crippen LogP) is 0.277. The van der Waals surface area contributed by atoms with Gasteiger partial charge in [-0.2, -0.15) is 0 Å². The molecule has 0 aliphatic carbocycles. The van der Waals surface area contributed by atoms with Gasteiger partial charge in [-0.1, -0.05) is 7.43 Å². The van der Waals surface area contributed by atoms with E-state index in [1.807, 2.05) is 0 Å². The largest absolute Gasteiger partial charge is 2.00 e. The third-order valence-electron chi connectivity index (χ3n) is 0. The van der Waals surface area contributed by atoms with E-state index in [9.17, 15) is 0 Å². The van der Waals surface area contributed by atoms with Gasteiger partial charge in [0.1, 0.15) is 0 Å². The summed E-state index contributed by atoms with van der Waals surface area (Å²) in [7, 11) is 0. The summed E-state index contributed by atoms with van der Waals surface area (Å²) in [5.41, 5.74) is 0. The van der Waals surface area contributed by atoms with Crippen molar-refractivity contribution in [2.24, 2.45) is 0 Å². The molecule has 0 atom stereocenters. The van der Waals surface area contributed by atoms with E-state index >= 15 is 0 Å². The van der Waals surface area contributed by atoms with Crippen LogP contribution in [0.5, 0.6) is 0 Å². The van der Waals surface area contributed by atoms with Crippen LogP contribution in [-0.2, 0) is 37.5 Å². The number of rotatable bonds is 0. The molecule has 0 heterocycles. The molecule has 38 valence electrons. The van der Waals surface area contributed by atoms with Crippen molar-refractivity contribution >= 4 is 0 Å². The van der Waals surface area contributed by atoms with Gasteiger partial charge in [-0.3, -0.25) is 0 Å². The van der Waals surface area contributed by atoms with Crippen LogP contribution in [-0.4, -0.2) is 0 Å². The van der Waals surface area contributed by atoms with Crippen molar-refractivity contribution in [3.05, 3.63) is 0 Å². The van der Waals surface area contributed by atoms with Crippen LogP contribution in [0.2, 0.25) is 0 Å². The zero-order valence-corrected chi connectivity index (χ0v) is 4.57. The van der Waals surface area contributed by atoms with Crippen molar-refractivity contribution < 1.29 is 37.5 Å². The zero-order chi connectivity index (χ0) is 0. The van der Waals surface area contributed by atoms with Crippen molar-refractivity contribution in [1.82, 2.24) is 0 Å². The first-order valence-electron chi connectivity index (χ1n) is 0. The molecule has 0 saturated carbocycles. The molecule has 0 radical (unpaired) electrons. The summed E-state index contributed by atoms with van der Waals surface area (Å²) in [6.45, 7) is 0. The van der Waals surface area contributed by atoms with Crippen LogP contribution in [0.4, 0.5) is 0 Å². The fourth-order valence-electron chi connectivity index (χ4n) is 0. The van der Waals surface area contributed by atoms with Gasteiger partial charge >= 0.3 is 0 Å². The third-order valence-corrected chi connectivity index (χ3v) is 0. The van der Waals surface area contributed by atoms with Gasteiger partial charge in [-0.25, -0.2) is 0 Å². The summed E-state index contributed by atoms with van der Waals surface area (Å²) >= 11 is 0. The van der Waals surface area contributed by atoms with E-state index in [0.29, 0.717) is 0 Å². The molecule has 0 amide bonds. The van der Waals surface area contributed by atoms with Crippen molar-refractivity contribution in [3.8, 4) is 0 Å². The Morgan fingerprint density at radius 2 is 0.600 bits per heavy atom. The fraction of sp³-hybridized carbons (Fsp3) is 1.00. The second kappa shape index (κ2) is 180. The minimum atomic E-state index is 0. The minimum absolute atomic E-state index is 0. The predicted molar refractivity (Wildman–Crippen MR) is 8.79 cm³/mol. The molecular formula is CH4O3W-6. The van der Waals surface area contributed by atoms with Crippen LogP contribution in [0.15, 0.2) is 0 Å². The Balaban J connectivity index is 0. The topological polar surface area (TPSA) is 85.5 Å². The molecule has 0 spiro atoms. The van der Waals surface area contributed by atoms with E-state index in [1.165, 1.54) is 0 Å². The van der Waals surface area contributed by atoms with Crippen LogP contribution < -0.4 is 0 Å². The first-order chi connectivity index (χ1) is 0. The van der Waals surface area contributed by atoms with Crippen molar-refractivity contribution in [1.29, 1.82) is 0 Å². The average molecular weight is 248 g/mol. The molecule has 0 aromatic rings. The Bertz CT molecular complexity index is 6.85. The molecule has 0 saturated heterocycles. The van der Waals surface area contributed by atoms with Gasteiger partial charge in [-0.15, -0.1) is 0 Å². The average Bonchev–Trinajstić information content (AvgIpc) is 0. The van der Waals surface area contributed by atoms with Crippen LogP contribution in [0.25, 0.3) is 0 Å². The summed E-state index contributed by atoms with van der Waals surface area (Å²) < 4.78 is 0. The van der Waals surface area contributed by atoms with Gasteiger partial charge in [0.25, 0.3) is 0 Å². The molecular weight excluding hydrogens is 244 g/mol. The van der Waals surface area contributed by atoms with Crippen molar-refractivity contribution in [2.45, 2.75) is 7.43 Å². The third kappa shape index (κ3) is 93.3. The standard InChI is InChI=1S/CH4.3O.W/h1H4;;;;/q;3*-2;. The molecule has 0 fully saturated rings. The molecule has 0 aliphatic rings. The number of hydrogen-bond donors (Lipinski definition) is 0. The quantitative estimate of drug-likeness (QED) is 0.589. The van der Waals surface area contributed by atoms with Crippen LogP contribution in [0.3, 0.4) is 0 Å². The summed E-state index contributed by atoms with van der Waals surface area (Å²) in [4.78, 5) is 0. The Labute approximate surface area is 45.6 Å². The van der Waals surface area contributed by atoms with Gasteiger partial charge < -0.3 is 16.4 Å². The van der Waals surface area contributed by atoms with E-state index in [0.717, 1.165) is 0 Å². The van der Waals surface area contributed by atoms with Crippen molar-refractivity contribution in [3.63, 3.8) is 0 Å². The second-order valence-electron chi connectivity index (χ2n) is 0. The zero-order valence-electron chi connectivity index (χ0n) is 1.63. The van der Waals surface area contributed by atoms with E-state index < -0.39 is 0 Å². The maximum atomic E-state index is 0. The summed E-state index contributed by atoms with van der Waals surface area (Å²) in [6, 6.07) is 0. The molecule has 0 N–H and O–H groups in total. The maximum absolute atomic E-state index is 0. The van der Waals surface area contributed by atoms with Crippen LogP contribution in [0.1, 0.15) is 7.43 Å². The Morgan fingerprint density at radius 3 is 0.600 bits per heavy atom. The van der Waals surface area contributed by atoms with Gasteiger partial charge in [0.05, 0.1) is 0 Å². The normalized spacial score (nSPS) is 0. The summed E-state index contributed by atoms with van der Waals surface area (Å²) in [5, 5.41) is 0. The fourth-order valence-corrected chi connectivity index (χ4v) is 0. The Hall–Kier alpha value is 0.568. The van der Waals surface area contributed by atoms with Gasteiger partial charge in [-0.05, 0) is 0 Å². The molecule has 0 aromatic carbocycles. The molecule has 0 bridgehead atoms. The maximum Gasteiger partial charge on any atom is 0 e. The van der Waals surface area contributed by atoms with E-state index in [1.54, 1.807) is 0 Å². The van der Waals surface area contributed by atoms with E-state index in [-0.39, 0.29) is 44.9 Å². The van der Waals surface area contributed by atoms with Crippen molar-refractivity contribution in [2.75, 3.05) is 0 Å². The van der Waals surface area contributed by atoms with E-state index in [2.05, 4.69) is 0 Å². The molecule has 3 nitrogen and oxygen atoms in total. The minimum Gasteiger partial charge on any atom is -2.00 e. The van der Waals surface area contributed by atoms with Crippen LogP contribution >= 0.6 is 0 Å². The van der Waals surface area contributed by atoms with E-state index in [4.69, 9.17) is 0 Å². The molecule has 4 heteroatoms. The second-order valence-corrected chi connectivity index (χ2v) is 0. The first-order valence-corrected chi connectivity index (χ1v) is 0. The molecule has 0 aromatic heterocycles.